The Morgan fingerprint density at radius 1 is 1.21 bits per heavy atom. The predicted octanol–water partition coefficient (Wildman–Crippen LogP) is 3.41. The van der Waals surface area contributed by atoms with E-state index in [1.165, 1.54) is 12.1 Å². The van der Waals surface area contributed by atoms with Crippen LogP contribution in [-0.2, 0) is 6.61 Å². The molecule has 0 atom stereocenters. The zero-order valence-corrected chi connectivity index (χ0v) is 10.4. The van der Waals surface area contributed by atoms with Crippen molar-refractivity contribution in [2.75, 3.05) is 0 Å². The van der Waals surface area contributed by atoms with Gasteiger partial charge in [0.15, 0.2) is 0 Å². The van der Waals surface area contributed by atoms with E-state index in [2.05, 4.69) is 0 Å². The quantitative estimate of drug-likeness (QED) is 0.916. The lowest BCUT2D eigenvalue weighted by atomic mass is 10.1. The summed E-state index contributed by atoms with van der Waals surface area (Å²) in [5, 5.41) is 8.83. The van der Waals surface area contributed by atoms with Gasteiger partial charge in [0.05, 0.1) is 5.56 Å². The number of carbonyl (C=O) groups is 1. The maximum atomic E-state index is 13.2. The Labute approximate surface area is 110 Å². The van der Waals surface area contributed by atoms with Gasteiger partial charge in [0.25, 0.3) is 0 Å². The summed E-state index contributed by atoms with van der Waals surface area (Å²) in [4.78, 5) is 10.8. The highest BCUT2D eigenvalue weighted by atomic mass is 19.1. The molecule has 0 heterocycles. The van der Waals surface area contributed by atoms with Gasteiger partial charge >= 0.3 is 5.97 Å². The Hall–Kier alpha value is -2.36. The fourth-order valence-electron chi connectivity index (χ4n) is 1.63. The molecule has 0 unspecified atom stereocenters. The van der Waals surface area contributed by atoms with Gasteiger partial charge in [0.1, 0.15) is 18.2 Å². The fourth-order valence-corrected chi connectivity index (χ4v) is 1.63. The zero-order valence-electron chi connectivity index (χ0n) is 10.4. The van der Waals surface area contributed by atoms with Crippen molar-refractivity contribution in [3.63, 3.8) is 0 Å². The van der Waals surface area contributed by atoms with Crippen LogP contribution >= 0.6 is 0 Å². The summed E-state index contributed by atoms with van der Waals surface area (Å²) < 4.78 is 18.7. The molecule has 19 heavy (non-hydrogen) atoms. The second kappa shape index (κ2) is 5.52. The number of aromatic carboxylic acids is 1. The molecule has 0 aliphatic heterocycles. The second-order valence-electron chi connectivity index (χ2n) is 4.22. The highest BCUT2D eigenvalue weighted by molar-refractivity contribution is 5.88. The van der Waals surface area contributed by atoms with Gasteiger partial charge in [-0.3, -0.25) is 0 Å². The van der Waals surface area contributed by atoms with Crippen molar-refractivity contribution < 1.29 is 19.0 Å². The summed E-state index contributed by atoms with van der Waals surface area (Å²) in [5.74, 6) is -1.34. The number of hydrogen-bond acceptors (Lipinski definition) is 2. The van der Waals surface area contributed by atoms with Gasteiger partial charge in [0, 0.05) is 0 Å². The summed E-state index contributed by atoms with van der Waals surface area (Å²) in [6, 6.07) is 11.4. The highest BCUT2D eigenvalue weighted by Crippen LogP contribution is 2.16. The Bertz CT molecular complexity index is 591. The van der Waals surface area contributed by atoms with E-state index in [4.69, 9.17) is 9.84 Å². The van der Waals surface area contributed by atoms with E-state index < -0.39 is 11.8 Å². The second-order valence-corrected chi connectivity index (χ2v) is 4.22. The van der Waals surface area contributed by atoms with Gasteiger partial charge in [-0.15, -0.1) is 0 Å². The molecule has 0 aliphatic carbocycles. The lowest BCUT2D eigenvalue weighted by Gasteiger charge is -2.07. The van der Waals surface area contributed by atoms with Gasteiger partial charge in [0.2, 0.25) is 0 Å². The molecule has 0 spiro atoms. The van der Waals surface area contributed by atoms with Crippen LogP contribution in [0.15, 0.2) is 42.5 Å². The van der Waals surface area contributed by atoms with E-state index in [1.807, 2.05) is 31.2 Å². The summed E-state index contributed by atoms with van der Waals surface area (Å²) in [6.45, 7) is 2.17. The third-order valence-electron chi connectivity index (χ3n) is 2.69. The SMILES string of the molecule is Cc1ccc(OCc2ccc(F)c(C(=O)O)c2)cc1. The average Bonchev–Trinajstić information content (AvgIpc) is 2.39. The summed E-state index contributed by atoms with van der Waals surface area (Å²) in [5.41, 5.74) is 1.40. The van der Waals surface area contributed by atoms with Crippen LogP contribution < -0.4 is 4.74 Å². The molecule has 2 rings (SSSR count). The van der Waals surface area contributed by atoms with Gasteiger partial charge < -0.3 is 9.84 Å². The minimum atomic E-state index is -1.28. The first-order valence-electron chi connectivity index (χ1n) is 5.77. The van der Waals surface area contributed by atoms with Gasteiger partial charge in [-0.05, 0) is 36.8 Å². The van der Waals surface area contributed by atoms with Crippen molar-refractivity contribution >= 4 is 5.97 Å². The van der Waals surface area contributed by atoms with Crippen molar-refractivity contribution in [1.29, 1.82) is 0 Å². The van der Waals surface area contributed by atoms with Crippen LogP contribution in [0.2, 0.25) is 0 Å². The molecule has 0 aromatic heterocycles. The number of aryl methyl sites for hydroxylation is 1. The zero-order chi connectivity index (χ0) is 13.8. The third-order valence-corrected chi connectivity index (χ3v) is 2.69. The number of carboxylic acids is 1. The van der Waals surface area contributed by atoms with Crippen LogP contribution in [0.5, 0.6) is 5.75 Å². The molecule has 3 nitrogen and oxygen atoms in total. The standard InChI is InChI=1S/C15H13FO3/c1-10-2-5-12(6-3-10)19-9-11-4-7-14(16)13(8-11)15(17)18/h2-8H,9H2,1H3,(H,17,18). The third kappa shape index (κ3) is 3.31. The molecule has 0 radical (unpaired) electrons. The molecule has 2 aromatic rings. The van der Waals surface area contributed by atoms with E-state index >= 15 is 0 Å². The van der Waals surface area contributed by atoms with Crippen LogP contribution in [0.25, 0.3) is 0 Å². The first-order chi connectivity index (χ1) is 9.06. The summed E-state index contributed by atoms with van der Waals surface area (Å²) in [7, 11) is 0. The minimum Gasteiger partial charge on any atom is -0.489 e. The lowest BCUT2D eigenvalue weighted by Crippen LogP contribution is -2.03. The Morgan fingerprint density at radius 2 is 1.89 bits per heavy atom. The first-order valence-corrected chi connectivity index (χ1v) is 5.77. The first kappa shape index (κ1) is 13.1. The highest BCUT2D eigenvalue weighted by Gasteiger charge is 2.10. The van der Waals surface area contributed by atoms with E-state index in [1.54, 1.807) is 0 Å². The molecule has 98 valence electrons. The number of halogens is 1. The van der Waals surface area contributed by atoms with Gasteiger partial charge in [-0.25, -0.2) is 9.18 Å². The molecule has 0 saturated carbocycles. The van der Waals surface area contributed by atoms with Crippen LogP contribution in [-0.4, -0.2) is 11.1 Å². The number of ether oxygens (including phenoxy) is 1. The molecule has 2 aromatic carbocycles. The molecule has 0 bridgehead atoms. The summed E-state index contributed by atoms with van der Waals surface area (Å²) in [6.07, 6.45) is 0. The summed E-state index contributed by atoms with van der Waals surface area (Å²) >= 11 is 0. The molecule has 0 saturated heterocycles. The van der Waals surface area contributed by atoms with Crippen molar-refractivity contribution in [3.8, 4) is 5.75 Å². The van der Waals surface area contributed by atoms with E-state index in [-0.39, 0.29) is 12.2 Å². The molecular weight excluding hydrogens is 247 g/mol. The van der Waals surface area contributed by atoms with Crippen molar-refractivity contribution in [2.45, 2.75) is 13.5 Å². The van der Waals surface area contributed by atoms with E-state index in [9.17, 15) is 9.18 Å². The Morgan fingerprint density at radius 3 is 2.53 bits per heavy atom. The van der Waals surface area contributed by atoms with E-state index in [0.717, 1.165) is 11.6 Å². The van der Waals surface area contributed by atoms with Crippen LogP contribution in [0.4, 0.5) is 4.39 Å². The Kier molecular flexibility index (Phi) is 3.80. The topological polar surface area (TPSA) is 46.5 Å². The van der Waals surface area contributed by atoms with Gasteiger partial charge in [-0.1, -0.05) is 23.8 Å². The lowest BCUT2D eigenvalue weighted by molar-refractivity contribution is 0.0691. The van der Waals surface area contributed by atoms with Crippen molar-refractivity contribution in [1.82, 2.24) is 0 Å². The number of hydrogen-bond donors (Lipinski definition) is 1. The fraction of sp³-hybridized carbons (Fsp3) is 0.133. The predicted molar refractivity (Wildman–Crippen MR) is 68.9 cm³/mol. The number of benzene rings is 2. The smallest absolute Gasteiger partial charge is 0.338 e. The van der Waals surface area contributed by atoms with E-state index in [0.29, 0.717) is 11.3 Å². The monoisotopic (exact) mass is 260 g/mol. The average molecular weight is 260 g/mol. The molecule has 4 heteroatoms. The van der Waals surface area contributed by atoms with Crippen LogP contribution in [0.3, 0.4) is 0 Å². The molecular formula is C15H13FO3. The van der Waals surface area contributed by atoms with Crippen LogP contribution in [0, 0.1) is 12.7 Å². The van der Waals surface area contributed by atoms with Gasteiger partial charge in [-0.2, -0.15) is 0 Å². The maximum Gasteiger partial charge on any atom is 0.338 e. The largest absolute Gasteiger partial charge is 0.489 e. The van der Waals surface area contributed by atoms with Crippen molar-refractivity contribution in [2.24, 2.45) is 0 Å². The molecule has 0 aliphatic rings. The van der Waals surface area contributed by atoms with Crippen molar-refractivity contribution in [3.05, 3.63) is 65.0 Å². The number of rotatable bonds is 4. The molecule has 0 fully saturated rings. The molecule has 0 amide bonds. The van der Waals surface area contributed by atoms with Crippen LogP contribution in [0.1, 0.15) is 21.5 Å². The normalized spacial score (nSPS) is 10.2. The molecule has 1 N–H and O–H groups in total. The minimum absolute atomic E-state index is 0.198. The Balaban J connectivity index is 2.09. The maximum absolute atomic E-state index is 13.2. The number of carboxylic acid groups (broad SMARTS) is 1.